The smallest absolute Gasteiger partial charge is 0.158 e. The molecule has 0 radical (unpaired) electrons. The summed E-state index contributed by atoms with van der Waals surface area (Å²) in [4.78, 5) is 21.4. The molecule has 1 aromatic rings. The van der Waals surface area contributed by atoms with Crippen LogP contribution in [-0.4, -0.2) is 69.1 Å². The van der Waals surface area contributed by atoms with Gasteiger partial charge in [0, 0.05) is 39.3 Å². The van der Waals surface area contributed by atoms with Crippen LogP contribution in [0.4, 0.5) is 0 Å². The Balaban J connectivity index is 1.66. The molecule has 19 heavy (non-hydrogen) atoms. The zero-order chi connectivity index (χ0) is 13.2. The molecule has 1 aromatic heterocycles. The van der Waals surface area contributed by atoms with Gasteiger partial charge < -0.3 is 0 Å². The predicted octanol–water partition coefficient (Wildman–Crippen LogP) is -0.200. The number of aryl methyl sites for hydroxylation is 1. The van der Waals surface area contributed by atoms with Gasteiger partial charge in [-0.1, -0.05) is 6.92 Å². The van der Waals surface area contributed by atoms with Crippen LogP contribution in [0.15, 0.2) is 6.33 Å². The summed E-state index contributed by atoms with van der Waals surface area (Å²) in [5.74, 6) is 1.10. The van der Waals surface area contributed by atoms with E-state index in [-0.39, 0.29) is 11.8 Å². The highest BCUT2D eigenvalue weighted by atomic mass is 16.1. The summed E-state index contributed by atoms with van der Waals surface area (Å²) in [5, 5.41) is 4.18. The second kappa shape index (κ2) is 5.38. The molecule has 0 aromatic carbocycles. The molecule has 4 heterocycles. The highest BCUT2D eigenvalue weighted by Gasteiger charge is 2.36. The van der Waals surface area contributed by atoms with Gasteiger partial charge in [0.25, 0.3) is 0 Å². The second-order valence-corrected chi connectivity index (χ2v) is 5.39. The van der Waals surface area contributed by atoms with E-state index in [1.54, 1.807) is 6.33 Å². The molecule has 3 aliphatic rings. The number of carbonyl (C=O) groups is 1. The standard InChI is InChI=1S/C13H21N5O/c1-2-3-18-13(14-10-15-18)8-12(19)11-9-16-4-6-17(11)7-5-16/h10-11H,2-9H2,1H3. The zero-order valence-corrected chi connectivity index (χ0v) is 11.5. The quantitative estimate of drug-likeness (QED) is 0.736. The highest BCUT2D eigenvalue weighted by molar-refractivity contribution is 5.86. The van der Waals surface area contributed by atoms with Gasteiger partial charge in [-0.05, 0) is 6.42 Å². The molecule has 1 unspecified atom stereocenters. The predicted molar refractivity (Wildman–Crippen MR) is 70.8 cm³/mol. The molecular weight excluding hydrogens is 242 g/mol. The number of fused-ring (bicyclic) bond motifs is 3. The Morgan fingerprint density at radius 2 is 2.16 bits per heavy atom. The lowest BCUT2D eigenvalue weighted by atomic mass is 10.0. The van der Waals surface area contributed by atoms with Crippen molar-refractivity contribution in [2.24, 2.45) is 0 Å². The molecule has 3 fully saturated rings. The number of Topliss-reactive ketones (excluding diaryl/α,β-unsaturated/α-hetero) is 1. The lowest BCUT2D eigenvalue weighted by molar-refractivity contribution is -0.128. The number of ketones is 1. The molecule has 6 heteroatoms. The number of rotatable bonds is 5. The van der Waals surface area contributed by atoms with Crippen molar-refractivity contribution in [3.05, 3.63) is 12.2 Å². The van der Waals surface area contributed by atoms with Gasteiger partial charge in [-0.2, -0.15) is 5.10 Å². The summed E-state index contributed by atoms with van der Waals surface area (Å²) >= 11 is 0. The SMILES string of the molecule is CCCn1ncnc1CC(=O)C1CN2CCN1CC2. The van der Waals surface area contributed by atoms with Crippen molar-refractivity contribution in [1.82, 2.24) is 24.6 Å². The Hall–Kier alpha value is -1.27. The van der Waals surface area contributed by atoms with E-state index in [1.807, 2.05) is 4.68 Å². The van der Waals surface area contributed by atoms with E-state index in [4.69, 9.17) is 0 Å². The molecule has 6 nitrogen and oxygen atoms in total. The summed E-state index contributed by atoms with van der Waals surface area (Å²) in [6.45, 7) is 8.10. The summed E-state index contributed by atoms with van der Waals surface area (Å²) in [7, 11) is 0. The van der Waals surface area contributed by atoms with Crippen LogP contribution in [0.2, 0.25) is 0 Å². The molecule has 1 atom stereocenters. The minimum absolute atomic E-state index is 0.0641. The van der Waals surface area contributed by atoms with E-state index >= 15 is 0 Å². The van der Waals surface area contributed by atoms with E-state index in [0.717, 1.165) is 51.5 Å². The minimum atomic E-state index is 0.0641. The maximum absolute atomic E-state index is 12.5. The fourth-order valence-electron chi connectivity index (χ4n) is 3.02. The van der Waals surface area contributed by atoms with Crippen LogP contribution in [0.3, 0.4) is 0 Å². The molecule has 0 spiro atoms. The van der Waals surface area contributed by atoms with Crippen molar-refractivity contribution in [3.63, 3.8) is 0 Å². The Morgan fingerprint density at radius 1 is 1.37 bits per heavy atom. The first-order valence-electron chi connectivity index (χ1n) is 7.13. The molecule has 0 saturated carbocycles. The van der Waals surface area contributed by atoms with E-state index < -0.39 is 0 Å². The zero-order valence-electron chi connectivity index (χ0n) is 11.5. The summed E-state index contributed by atoms with van der Waals surface area (Å²) in [6.07, 6.45) is 2.97. The molecule has 2 bridgehead atoms. The maximum Gasteiger partial charge on any atom is 0.158 e. The fraction of sp³-hybridized carbons (Fsp3) is 0.769. The van der Waals surface area contributed by atoms with Crippen LogP contribution in [0.5, 0.6) is 0 Å². The average Bonchev–Trinajstić information content (AvgIpc) is 2.88. The molecule has 0 aliphatic carbocycles. The van der Waals surface area contributed by atoms with Gasteiger partial charge >= 0.3 is 0 Å². The van der Waals surface area contributed by atoms with Gasteiger partial charge in [0.15, 0.2) is 5.78 Å². The van der Waals surface area contributed by atoms with E-state index in [2.05, 4.69) is 26.8 Å². The van der Waals surface area contributed by atoms with Crippen molar-refractivity contribution in [3.8, 4) is 0 Å². The van der Waals surface area contributed by atoms with Crippen LogP contribution in [0.25, 0.3) is 0 Å². The van der Waals surface area contributed by atoms with Crippen LogP contribution in [-0.2, 0) is 17.8 Å². The van der Waals surface area contributed by atoms with Crippen LogP contribution in [0, 0.1) is 0 Å². The third-order valence-corrected chi connectivity index (χ3v) is 4.11. The topological polar surface area (TPSA) is 54.3 Å². The normalized spacial score (nSPS) is 29.6. The highest BCUT2D eigenvalue weighted by Crippen LogP contribution is 2.17. The van der Waals surface area contributed by atoms with Crippen molar-refractivity contribution >= 4 is 5.78 Å². The monoisotopic (exact) mass is 263 g/mol. The molecule has 0 N–H and O–H groups in total. The first-order chi connectivity index (χ1) is 9.28. The van der Waals surface area contributed by atoms with Crippen molar-refractivity contribution in [2.75, 3.05) is 32.7 Å². The fourth-order valence-corrected chi connectivity index (χ4v) is 3.02. The molecule has 4 rings (SSSR count). The Bertz CT molecular complexity index is 450. The summed E-state index contributed by atoms with van der Waals surface area (Å²) in [6, 6.07) is 0.0641. The minimum Gasteiger partial charge on any atom is -0.299 e. The van der Waals surface area contributed by atoms with E-state index in [1.165, 1.54) is 0 Å². The van der Waals surface area contributed by atoms with Gasteiger partial charge in [-0.25, -0.2) is 9.67 Å². The number of aromatic nitrogens is 3. The largest absolute Gasteiger partial charge is 0.299 e. The third kappa shape index (κ3) is 2.55. The number of carbonyl (C=O) groups excluding carboxylic acids is 1. The van der Waals surface area contributed by atoms with Crippen molar-refractivity contribution in [1.29, 1.82) is 0 Å². The molecule has 0 amide bonds. The lowest BCUT2D eigenvalue weighted by Gasteiger charge is -2.46. The molecule has 3 saturated heterocycles. The molecular formula is C13H21N5O. The number of hydrogen-bond acceptors (Lipinski definition) is 5. The maximum atomic E-state index is 12.5. The second-order valence-electron chi connectivity index (χ2n) is 5.39. The third-order valence-electron chi connectivity index (χ3n) is 4.11. The van der Waals surface area contributed by atoms with E-state index in [9.17, 15) is 4.79 Å². The van der Waals surface area contributed by atoms with Gasteiger partial charge in [0.05, 0.1) is 12.5 Å². The Morgan fingerprint density at radius 3 is 2.79 bits per heavy atom. The Labute approximate surface area is 113 Å². The summed E-state index contributed by atoms with van der Waals surface area (Å²) in [5.41, 5.74) is 0. The number of nitrogens with zero attached hydrogens (tertiary/aromatic N) is 5. The lowest BCUT2D eigenvalue weighted by Crippen LogP contribution is -2.63. The van der Waals surface area contributed by atoms with Crippen LogP contribution in [0.1, 0.15) is 19.2 Å². The average molecular weight is 263 g/mol. The van der Waals surface area contributed by atoms with E-state index in [0.29, 0.717) is 6.42 Å². The Kier molecular flexibility index (Phi) is 3.61. The number of hydrogen-bond donors (Lipinski definition) is 0. The van der Waals surface area contributed by atoms with Crippen molar-refractivity contribution < 1.29 is 4.79 Å². The van der Waals surface area contributed by atoms with Gasteiger partial charge in [0.1, 0.15) is 12.2 Å². The molecule has 3 aliphatic heterocycles. The number of piperazine rings is 3. The van der Waals surface area contributed by atoms with Crippen LogP contribution >= 0.6 is 0 Å². The van der Waals surface area contributed by atoms with Gasteiger partial charge in [0.2, 0.25) is 0 Å². The summed E-state index contributed by atoms with van der Waals surface area (Å²) < 4.78 is 1.86. The molecule has 104 valence electrons. The van der Waals surface area contributed by atoms with Gasteiger partial charge in [-0.15, -0.1) is 0 Å². The van der Waals surface area contributed by atoms with Crippen LogP contribution < -0.4 is 0 Å². The first-order valence-corrected chi connectivity index (χ1v) is 7.13. The van der Waals surface area contributed by atoms with Gasteiger partial charge in [-0.3, -0.25) is 14.6 Å². The van der Waals surface area contributed by atoms with Crippen molar-refractivity contribution in [2.45, 2.75) is 32.4 Å². The first kappa shape index (κ1) is 12.7.